The highest BCUT2D eigenvalue weighted by Crippen LogP contribution is 2.31. The molecule has 0 bridgehead atoms. The number of halogens is 1. The summed E-state index contributed by atoms with van der Waals surface area (Å²) < 4.78 is 4.68. The first kappa shape index (κ1) is 13.5. The van der Waals surface area contributed by atoms with Gasteiger partial charge in [0.1, 0.15) is 4.88 Å². The first-order valence-electron chi connectivity index (χ1n) is 5.49. The van der Waals surface area contributed by atoms with Gasteiger partial charge < -0.3 is 4.74 Å². The van der Waals surface area contributed by atoms with Crippen molar-refractivity contribution in [3.63, 3.8) is 0 Å². The van der Waals surface area contributed by atoms with Gasteiger partial charge in [0, 0.05) is 18.3 Å². The molecule has 1 aliphatic heterocycles. The van der Waals surface area contributed by atoms with Crippen LogP contribution in [0.2, 0.25) is 0 Å². The fourth-order valence-corrected chi connectivity index (χ4v) is 3.29. The van der Waals surface area contributed by atoms with E-state index >= 15 is 0 Å². The van der Waals surface area contributed by atoms with Crippen LogP contribution in [0.4, 0.5) is 5.13 Å². The number of hydrogen-bond donors (Lipinski definition) is 0. The summed E-state index contributed by atoms with van der Waals surface area (Å²) in [6.45, 7) is 2.40. The highest BCUT2D eigenvalue weighted by molar-refractivity contribution is 9.09. The SMILES string of the molecule is COC(=O)c1sc(N2CC(CBr)CC2=O)nc1C. The van der Waals surface area contributed by atoms with Crippen molar-refractivity contribution in [2.45, 2.75) is 13.3 Å². The molecule has 1 saturated heterocycles. The third-order valence-corrected chi connectivity index (χ3v) is 4.89. The summed E-state index contributed by atoms with van der Waals surface area (Å²) in [6, 6.07) is 0. The van der Waals surface area contributed by atoms with Gasteiger partial charge >= 0.3 is 5.97 Å². The number of carbonyl (C=O) groups excluding carboxylic acids is 2. The number of amides is 1. The molecule has 1 aromatic heterocycles. The van der Waals surface area contributed by atoms with Crippen LogP contribution in [0.5, 0.6) is 0 Å². The number of esters is 1. The van der Waals surface area contributed by atoms with Gasteiger partial charge in [-0.05, 0) is 12.8 Å². The standard InChI is InChI=1S/C11H13BrN2O3S/c1-6-9(10(16)17-2)18-11(13-6)14-5-7(4-12)3-8(14)15/h7H,3-5H2,1-2H3. The van der Waals surface area contributed by atoms with Gasteiger partial charge in [-0.1, -0.05) is 27.3 Å². The molecule has 1 atom stereocenters. The van der Waals surface area contributed by atoms with Gasteiger partial charge in [0.2, 0.25) is 5.91 Å². The molecule has 2 heterocycles. The number of aromatic nitrogens is 1. The topological polar surface area (TPSA) is 59.5 Å². The van der Waals surface area contributed by atoms with Gasteiger partial charge in [-0.3, -0.25) is 9.69 Å². The Hall–Kier alpha value is -0.950. The second kappa shape index (κ2) is 5.36. The normalized spacial score (nSPS) is 19.4. The van der Waals surface area contributed by atoms with Crippen molar-refractivity contribution in [2.75, 3.05) is 23.9 Å². The fraction of sp³-hybridized carbons (Fsp3) is 0.545. The molecule has 1 fully saturated rings. The number of anilines is 1. The molecule has 98 valence electrons. The number of methoxy groups -OCH3 is 1. The van der Waals surface area contributed by atoms with Crippen LogP contribution in [0.3, 0.4) is 0 Å². The first-order chi connectivity index (χ1) is 8.56. The molecule has 7 heteroatoms. The summed E-state index contributed by atoms with van der Waals surface area (Å²) in [5.74, 6) is -0.0344. The van der Waals surface area contributed by atoms with Crippen molar-refractivity contribution in [3.05, 3.63) is 10.6 Å². The van der Waals surface area contributed by atoms with Crippen LogP contribution in [-0.2, 0) is 9.53 Å². The van der Waals surface area contributed by atoms with E-state index in [1.54, 1.807) is 11.8 Å². The Kier molecular flexibility index (Phi) is 4.01. The predicted molar refractivity (Wildman–Crippen MR) is 72.4 cm³/mol. The fourth-order valence-electron chi connectivity index (χ4n) is 1.85. The predicted octanol–water partition coefficient (Wildman–Crippen LogP) is 1.99. The van der Waals surface area contributed by atoms with Crippen molar-refractivity contribution < 1.29 is 14.3 Å². The van der Waals surface area contributed by atoms with E-state index in [0.717, 1.165) is 5.33 Å². The number of nitrogens with zero attached hydrogens (tertiary/aromatic N) is 2. The number of ether oxygens (including phenoxy) is 1. The molecule has 2 rings (SSSR count). The van der Waals surface area contributed by atoms with Crippen LogP contribution in [0, 0.1) is 12.8 Å². The lowest BCUT2D eigenvalue weighted by molar-refractivity contribution is -0.117. The first-order valence-corrected chi connectivity index (χ1v) is 7.42. The third-order valence-electron chi connectivity index (χ3n) is 2.81. The maximum atomic E-state index is 11.9. The summed E-state index contributed by atoms with van der Waals surface area (Å²) in [4.78, 5) is 29.8. The second-order valence-corrected chi connectivity index (χ2v) is 5.76. The maximum Gasteiger partial charge on any atom is 0.350 e. The monoisotopic (exact) mass is 332 g/mol. The zero-order valence-electron chi connectivity index (χ0n) is 10.1. The Balaban J connectivity index is 2.25. The van der Waals surface area contributed by atoms with E-state index in [4.69, 9.17) is 0 Å². The number of alkyl halides is 1. The summed E-state index contributed by atoms with van der Waals surface area (Å²) in [6.07, 6.45) is 0.525. The van der Waals surface area contributed by atoms with Crippen LogP contribution in [-0.4, -0.2) is 35.8 Å². The molecule has 0 saturated carbocycles. The Morgan fingerprint density at radius 2 is 2.39 bits per heavy atom. The van der Waals surface area contributed by atoms with E-state index in [2.05, 4.69) is 25.7 Å². The Morgan fingerprint density at radius 3 is 2.94 bits per heavy atom. The number of carbonyl (C=O) groups is 2. The van der Waals surface area contributed by atoms with Crippen molar-refractivity contribution >= 4 is 44.3 Å². The lowest BCUT2D eigenvalue weighted by atomic mass is 10.2. The lowest BCUT2D eigenvalue weighted by Crippen LogP contribution is -2.24. The molecule has 1 amide bonds. The van der Waals surface area contributed by atoms with Crippen LogP contribution >= 0.6 is 27.3 Å². The Labute approximate surface area is 117 Å². The number of aryl methyl sites for hydroxylation is 1. The lowest BCUT2D eigenvalue weighted by Gasteiger charge is -2.11. The molecule has 0 radical (unpaired) electrons. The van der Waals surface area contributed by atoms with E-state index in [0.29, 0.717) is 34.6 Å². The smallest absolute Gasteiger partial charge is 0.350 e. The minimum absolute atomic E-state index is 0.0598. The zero-order valence-corrected chi connectivity index (χ0v) is 12.5. The van der Waals surface area contributed by atoms with Gasteiger partial charge in [-0.15, -0.1) is 0 Å². The van der Waals surface area contributed by atoms with Crippen molar-refractivity contribution in [3.8, 4) is 0 Å². The number of rotatable bonds is 3. The van der Waals surface area contributed by atoms with E-state index in [1.165, 1.54) is 18.4 Å². The average Bonchev–Trinajstić information content (AvgIpc) is 2.91. The second-order valence-electron chi connectivity index (χ2n) is 4.13. The number of hydrogen-bond acceptors (Lipinski definition) is 5. The molecule has 0 N–H and O–H groups in total. The minimum Gasteiger partial charge on any atom is -0.465 e. The van der Waals surface area contributed by atoms with Crippen molar-refractivity contribution in [1.82, 2.24) is 4.98 Å². The number of thiazole rings is 1. The highest BCUT2D eigenvalue weighted by atomic mass is 79.9. The van der Waals surface area contributed by atoms with Gasteiger partial charge in [0.05, 0.1) is 12.8 Å². The van der Waals surface area contributed by atoms with E-state index in [1.807, 2.05) is 0 Å². The molecule has 0 spiro atoms. The van der Waals surface area contributed by atoms with E-state index < -0.39 is 5.97 Å². The van der Waals surface area contributed by atoms with Crippen LogP contribution in [0.1, 0.15) is 21.8 Å². The zero-order chi connectivity index (χ0) is 13.3. The summed E-state index contributed by atoms with van der Waals surface area (Å²) in [5.41, 5.74) is 0.608. The van der Waals surface area contributed by atoms with Crippen LogP contribution in [0.15, 0.2) is 0 Å². The summed E-state index contributed by atoms with van der Waals surface area (Å²) in [7, 11) is 1.34. The average molecular weight is 333 g/mol. The molecule has 1 unspecified atom stereocenters. The van der Waals surface area contributed by atoms with Gasteiger partial charge in [-0.25, -0.2) is 9.78 Å². The molecule has 5 nitrogen and oxygen atoms in total. The van der Waals surface area contributed by atoms with Gasteiger partial charge in [0.15, 0.2) is 5.13 Å². The summed E-state index contributed by atoms with van der Waals surface area (Å²) in [5, 5.41) is 1.38. The molecular formula is C11H13BrN2O3S. The molecule has 1 aliphatic rings. The Bertz CT molecular complexity index is 489. The highest BCUT2D eigenvalue weighted by Gasteiger charge is 2.32. The molecule has 18 heavy (non-hydrogen) atoms. The van der Waals surface area contributed by atoms with E-state index in [9.17, 15) is 9.59 Å². The van der Waals surface area contributed by atoms with Crippen molar-refractivity contribution in [1.29, 1.82) is 0 Å². The van der Waals surface area contributed by atoms with Crippen molar-refractivity contribution in [2.24, 2.45) is 5.92 Å². The van der Waals surface area contributed by atoms with Gasteiger partial charge in [0.25, 0.3) is 0 Å². The van der Waals surface area contributed by atoms with Crippen LogP contribution in [0.25, 0.3) is 0 Å². The molecular weight excluding hydrogens is 320 g/mol. The molecule has 0 aromatic carbocycles. The summed E-state index contributed by atoms with van der Waals surface area (Å²) >= 11 is 4.60. The largest absolute Gasteiger partial charge is 0.465 e. The molecule has 0 aliphatic carbocycles. The van der Waals surface area contributed by atoms with E-state index in [-0.39, 0.29) is 5.91 Å². The van der Waals surface area contributed by atoms with Gasteiger partial charge in [-0.2, -0.15) is 0 Å². The third kappa shape index (κ3) is 2.42. The molecule has 1 aromatic rings. The maximum absolute atomic E-state index is 11.9. The van der Waals surface area contributed by atoms with Crippen LogP contribution < -0.4 is 4.90 Å². The Morgan fingerprint density at radius 1 is 1.67 bits per heavy atom. The quantitative estimate of drug-likeness (QED) is 0.627. The minimum atomic E-state index is -0.403.